The zero-order chi connectivity index (χ0) is 31.4. The first-order valence-corrected chi connectivity index (χ1v) is 13.8. The zero-order valence-corrected chi connectivity index (χ0v) is 24.8. The molecule has 0 aliphatic heterocycles. The van der Waals surface area contributed by atoms with Gasteiger partial charge in [-0.1, -0.05) is 48.5 Å². The molecule has 0 saturated carbocycles. The minimum Gasteiger partial charge on any atom is -0.504 e. The molecule has 0 fully saturated rings. The first kappa shape index (κ1) is 30.0. The highest BCUT2D eigenvalue weighted by Gasteiger charge is 2.23. The van der Waals surface area contributed by atoms with Crippen LogP contribution in [0.2, 0.25) is 0 Å². The van der Waals surface area contributed by atoms with Crippen molar-refractivity contribution in [1.29, 1.82) is 0 Å². The Labute approximate surface area is 255 Å². The maximum Gasteiger partial charge on any atom is 0.160 e. The summed E-state index contributed by atoms with van der Waals surface area (Å²) in [5.74, 6) is 0.915. The normalized spacial score (nSPS) is 11.0. The molecule has 5 aromatic rings. The fourth-order valence-electron chi connectivity index (χ4n) is 5.53. The van der Waals surface area contributed by atoms with Crippen molar-refractivity contribution in [1.82, 2.24) is 0 Å². The van der Waals surface area contributed by atoms with Crippen LogP contribution in [-0.4, -0.2) is 48.9 Å². The lowest BCUT2D eigenvalue weighted by Gasteiger charge is -2.23. The molecule has 0 bridgehead atoms. The Balaban J connectivity index is 1.65. The van der Waals surface area contributed by atoms with Crippen molar-refractivity contribution in [2.75, 3.05) is 28.4 Å². The Hall–Kier alpha value is -5.50. The molecule has 0 aliphatic carbocycles. The number of hydrogen-bond acceptors (Lipinski definition) is 8. The number of rotatable bonds is 10. The summed E-state index contributed by atoms with van der Waals surface area (Å²) in [4.78, 5) is 0. The molecule has 0 unspecified atom stereocenters. The molecule has 44 heavy (non-hydrogen) atoms. The van der Waals surface area contributed by atoms with E-state index >= 15 is 0 Å². The maximum atomic E-state index is 10.3. The van der Waals surface area contributed by atoms with Crippen molar-refractivity contribution in [3.63, 3.8) is 0 Å². The lowest BCUT2D eigenvalue weighted by atomic mass is 9.81. The Bertz CT molecular complexity index is 1530. The molecule has 0 aromatic heterocycles. The summed E-state index contributed by atoms with van der Waals surface area (Å²) in [6, 6.07) is 29.0. The number of ether oxygens (including phenoxy) is 4. The van der Waals surface area contributed by atoms with E-state index in [1.807, 2.05) is 48.5 Å². The number of phenols is 4. The van der Waals surface area contributed by atoms with Gasteiger partial charge in [0, 0.05) is 11.8 Å². The summed E-state index contributed by atoms with van der Waals surface area (Å²) in [6.07, 6.45) is 0. The predicted octanol–water partition coefficient (Wildman–Crippen LogP) is 6.90. The first-order chi connectivity index (χ1) is 21.3. The van der Waals surface area contributed by atoms with Gasteiger partial charge in [-0.2, -0.15) is 0 Å². The number of hydrogen-bond donors (Lipinski definition) is 4. The molecule has 0 atom stereocenters. The number of phenolic OH excluding ortho intramolecular Hbond substituents is 4. The largest absolute Gasteiger partial charge is 0.504 e. The van der Waals surface area contributed by atoms with Crippen LogP contribution in [0.3, 0.4) is 0 Å². The van der Waals surface area contributed by atoms with Crippen molar-refractivity contribution in [2.24, 2.45) is 0 Å². The van der Waals surface area contributed by atoms with Gasteiger partial charge in [-0.3, -0.25) is 0 Å². The Kier molecular flexibility index (Phi) is 8.71. The third kappa shape index (κ3) is 5.87. The fourth-order valence-corrected chi connectivity index (χ4v) is 5.53. The molecular weight excluding hydrogens is 560 g/mol. The molecule has 8 heteroatoms. The number of methoxy groups -OCH3 is 4. The third-order valence-electron chi connectivity index (χ3n) is 7.75. The van der Waals surface area contributed by atoms with Gasteiger partial charge >= 0.3 is 0 Å². The van der Waals surface area contributed by atoms with Gasteiger partial charge in [0.15, 0.2) is 46.0 Å². The molecule has 0 spiro atoms. The van der Waals surface area contributed by atoms with E-state index in [1.165, 1.54) is 28.4 Å². The second-order valence-electron chi connectivity index (χ2n) is 10.3. The molecule has 8 nitrogen and oxygen atoms in total. The van der Waals surface area contributed by atoms with Crippen LogP contribution in [0.4, 0.5) is 0 Å². The molecular formula is C36H34O8. The molecule has 0 aliphatic rings. The molecule has 5 rings (SSSR count). The van der Waals surface area contributed by atoms with E-state index in [9.17, 15) is 20.4 Å². The van der Waals surface area contributed by atoms with Crippen LogP contribution in [0.5, 0.6) is 46.0 Å². The van der Waals surface area contributed by atoms with Crippen molar-refractivity contribution in [2.45, 2.75) is 11.8 Å². The van der Waals surface area contributed by atoms with Gasteiger partial charge < -0.3 is 39.4 Å². The van der Waals surface area contributed by atoms with Crippen LogP contribution in [-0.2, 0) is 0 Å². The number of aromatic hydroxyl groups is 4. The second kappa shape index (κ2) is 12.8. The van der Waals surface area contributed by atoms with Crippen molar-refractivity contribution in [3.8, 4) is 46.0 Å². The van der Waals surface area contributed by atoms with Crippen LogP contribution >= 0.6 is 0 Å². The molecule has 5 aromatic carbocycles. The highest BCUT2D eigenvalue weighted by molar-refractivity contribution is 5.56. The Morgan fingerprint density at radius 3 is 0.750 bits per heavy atom. The average Bonchev–Trinajstić information content (AvgIpc) is 3.04. The number of benzene rings is 5. The van der Waals surface area contributed by atoms with Gasteiger partial charge in [0.1, 0.15) is 0 Å². The fraction of sp³-hybridized carbons (Fsp3) is 0.167. The highest BCUT2D eigenvalue weighted by atomic mass is 16.5. The smallest absolute Gasteiger partial charge is 0.160 e. The summed E-state index contributed by atoms with van der Waals surface area (Å²) >= 11 is 0. The van der Waals surface area contributed by atoms with Gasteiger partial charge in [0.05, 0.1) is 28.4 Å². The topological polar surface area (TPSA) is 118 Å². The van der Waals surface area contributed by atoms with Crippen LogP contribution in [0, 0.1) is 0 Å². The minimum atomic E-state index is -0.297. The SMILES string of the molecule is COc1cc(C(c2ccc(C(c3ccc(O)c(OC)c3)c3ccc(O)c(OC)c3)cc2)c2ccc(O)c(OC)c2)ccc1O. The summed E-state index contributed by atoms with van der Waals surface area (Å²) in [5.41, 5.74) is 5.34. The van der Waals surface area contributed by atoms with Gasteiger partial charge in [0.2, 0.25) is 0 Å². The van der Waals surface area contributed by atoms with E-state index in [1.54, 1.807) is 48.5 Å². The van der Waals surface area contributed by atoms with Crippen molar-refractivity contribution < 1.29 is 39.4 Å². The molecule has 4 N–H and O–H groups in total. The summed E-state index contributed by atoms with van der Waals surface area (Å²) in [5, 5.41) is 41.1. The van der Waals surface area contributed by atoms with Gasteiger partial charge in [-0.15, -0.1) is 0 Å². The minimum absolute atomic E-state index is 0.0325. The van der Waals surface area contributed by atoms with Crippen molar-refractivity contribution >= 4 is 0 Å². The van der Waals surface area contributed by atoms with Crippen LogP contribution in [0.25, 0.3) is 0 Å². The molecule has 0 saturated heterocycles. The van der Waals surface area contributed by atoms with E-state index in [2.05, 4.69) is 0 Å². The first-order valence-electron chi connectivity index (χ1n) is 13.8. The molecule has 226 valence electrons. The lowest BCUT2D eigenvalue weighted by Crippen LogP contribution is -2.07. The molecule has 0 heterocycles. The predicted molar refractivity (Wildman–Crippen MR) is 167 cm³/mol. The Morgan fingerprint density at radius 2 is 0.545 bits per heavy atom. The Morgan fingerprint density at radius 1 is 0.341 bits per heavy atom. The summed E-state index contributed by atoms with van der Waals surface area (Å²) in [7, 11) is 6.01. The van der Waals surface area contributed by atoms with E-state index in [0.717, 1.165) is 33.4 Å². The van der Waals surface area contributed by atoms with Crippen LogP contribution in [0.15, 0.2) is 97.1 Å². The average molecular weight is 595 g/mol. The monoisotopic (exact) mass is 594 g/mol. The van der Waals surface area contributed by atoms with Crippen LogP contribution < -0.4 is 18.9 Å². The zero-order valence-electron chi connectivity index (χ0n) is 24.8. The molecule has 0 radical (unpaired) electrons. The van der Waals surface area contributed by atoms with Crippen molar-refractivity contribution in [3.05, 3.63) is 130 Å². The van der Waals surface area contributed by atoms with E-state index in [4.69, 9.17) is 18.9 Å². The quantitative estimate of drug-likeness (QED) is 0.129. The molecule has 0 amide bonds. The lowest BCUT2D eigenvalue weighted by molar-refractivity contribution is 0.372. The summed E-state index contributed by atoms with van der Waals surface area (Å²) < 4.78 is 21.6. The third-order valence-corrected chi connectivity index (χ3v) is 7.75. The second-order valence-corrected chi connectivity index (χ2v) is 10.3. The van der Waals surface area contributed by atoms with E-state index in [0.29, 0.717) is 23.0 Å². The maximum absolute atomic E-state index is 10.3. The summed E-state index contributed by atoms with van der Waals surface area (Å²) in [6.45, 7) is 0. The highest BCUT2D eigenvalue weighted by Crippen LogP contribution is 2.42. The van der Waals surface area contributed by atoms with E-state index in [-0.39, 0.29) is 34.8 Å². The van der Waals surface area contributed by atoms with Gasteiger partial charge in [0.25, 0.3) is 0 Å². The standard InChI is InChI=1S/C36H34O8/c1-41-31-17-23(9-13-27(31)37)35(24-10-14-28(38)32(18-24)42-2)21-5-7-22(8-6-21)36(25-11-15-29(39)33(19-25)43-3)26-12-16-30(40)34(20-26)44-4/h5-20,35-40H,1-4H3. The van der Waals surface area contributed by atoms with E-state index < -0.39 is 0 Å². The van der Waals surface area contributed by atoms with Crippen LogP contribution in [0.1, 0.15) is 45.2 Å². The van der Waals surface area contributed by atoms with Gasteiger partial charge in [-0.05, 0) is 81.9 Å². The van der Waals surface area contributed by atoms with Gasteiger partial charge in [-0.25, -0.2) is 0 Å².